The van der Waals surface area contributed by atoms with Gasteiger partial charge in [0.25, 0.3) is 0 Å². The van der Waals surface area contributed by atoms with E-state index >= 15 is 0 Å². The van der Waals surface area contributed by atoms with Gasteiger partial charge in [0.15, 0.2) is 0 Å². The minimum absolute atomic E-state index is 0.0347. The van der Waals surface area contributed by atoms with Crippen LogP contribution in [0.4, 0.5) is 0 Å². The summed E-state index contributed by atoms with van der Waals surface area (Å²) in [6.45, 7) is 0. The molecule has 0 heterocycles. The van der Waals surface area contributed by atoms with Crippen molar-refractivity contribution in [2.45, 2.75) is 0 Å². The topological polar surface area (TPSA) is 112 Å². The maximum absolute atomic E-state index is 9.32. The maximum atomic E-state index is 9.32. The van der Waals surface area contributed by atoms with Crippen molar-refractivity contribution >= 4 is 65.7 Å². The van der Waals surface area contributed by atoms with Gasteiger partial charge in [0.05, 0.1) is 0 Å². The maximum Gasteiger partial charge on any atom is 0.314 e. The van der Waals surface area contributed by atoms with Crippen molar-refractivity contribution in [3.8, 4) is 0 Å². The molecule has 0 aliphatic carbocycles. The number of carboxylic acid groups (broad SMARTS) is 3. The predicted molar refractivity (Wildman–Crippen MR) is 64.3 cm³/mol. The van der Waals surface area contributed by atoms with Gasteiger partial charge in [-0.05, 0) is 0 Å². The van der Waals surface area contributed by atoms with Crippen molar-refractivity contribution in [3.63, 3.8) is 0 Å². The number of hydrogen-bond acceptors (Lipinski definition) is 3. The van der Waals surface area contributed by atoms with Gasteiger partial charge in [-0.15, -0.1) is 0 Å². The highest BCUT2D eigenvalue weighted by molar-refractivity contribution is 9.09. The van der Waals surface area contributed by atoms with Gasteiger partial charge < -0.3 is 15.3 Å². The van der Waals surface area contributed by atoms with Gasteiger partial charge in [-0.2, -0.15) is 0 Å². The van der Waals surface area contributed by atoms with E-state index in [9.17, 15) is 14.4 Å². The fraction of sp³-hybridized carbons (Fsp3) is 0.500. The van der Waals surface area contributed by atoms with E-state index in [0.29, 0.717) is 0 Å². The van der Waals surface area contributed by atoms with E-state index in [1.165, 1.54) is 0 Å². The number of carboxylic acids is 3. The van der Waals surface area contributed by atoms with Crippen LogP contribution in [-0.4, -0.2) is 49.2 Å². The van der Waals surface area contributed by atoms with Gasteiger partial charge in [0, 0.05) is 0 Å². The summed E-state index contributed by atoms with van der Waals surface area (Å²) < 4.78 is 0. The second kappa shape index (κ2) is 16.3. The standard InChI is InChI=1S/3C2H3BrO2/c3*3-1-2(4)5/h3*1H2,(H,4,5)/i1+1,2+1;2+1;1+1. The lowest BCUT2D eigenvalue weighted by Gasteiger charge is -1.70. The number of halogens is 3. The molecule has 0 fully saturated rings. The van der Waals surface area contributed by atoms with Crippen LogP contribution in [0.15, 0.2) is 0 Å². The van der Waals surface area contributed by atoms with E-state index in [1.54, 1.807) is 0 Å². The zero-order chi connectivity index (χ0) is 12.9. The molecule has 0 saturated heterocycles. The van der Waals surface area contributed by atoms with Gasteiger partial charge in [-0.1, -0.05) is 47.8 Å². The third-order valence-corrected chi connectivity index (χ3v) is 1.78. The molecule has 0 aliphatic heterocycles. The lowest BCUT2D eigenvalue weighted by molar-refractivity contribution is -0.134. The van der Waals surface area contributed by atoms with E-state index < -0.39 is 17.9 Å². The highest BCUT2D eigenvalue weighted by Crippen LogP contribution is 1.74. The fourth-order valence-corrected chi connectivity index (χ4v) is 0. The Kier molecular flexibility index (Phi) is 22.0. The smallest absolute Gasteiger partial charge is 0.314 e. The minimum atomic E-state index is -0.829. The second-order valence-corrected chi connectivity index (χ2v) is 3.26. The average Bonchev–Trinajstić information content (AvgIpc) is 2.19. The third-order valence-electron chi connectivity index (χ3n) is 0.343. The van der Waals surface area contributed by atoms with Crippen LogP contribution in [-0.2, 0) is 14.4 Å². The van der Waals surface area contributed by atoms with Crippen molar-refractivity contribution in [3.05, 3.63) is 0 Å². The second-order valence-electron chi connectivity index (χ2n) is 1.58. The van der Waals surface area contributed by atoms with Crippen LogP contribution in [0.3, 0.4) is 0 Å². The van der Waals surface area contributed by atoms with Crippen molar-refractivity contribution in [1.29, 1.82) is 0 Å². The number of rotatable bonds is 3. The molecule has 15 heavy (non-hydrogen) atoms. The first-order valence-corrected chi connectivity index (χ1v) is 6.51. The van der Waals surface area contributed by atoms with E-state index in [2.05, 4.69) is 47.8 Å². The molecule has 0 radical (unpaired) electrons. The summed E-state index contributed by atoms with van der Waals surface area (Å²) in [6.07, 6.45) is 0. The SMILES string of the molecule is O=C(O)[13CH2]Br.O=[13C](O)CBr.O=[13C](O)[13CH2]Br. The first-order chi connectivity index (χ1) is 6.81. The Labute approximate surface area is 111 Å². The molecule has 0 aliphatic rings. The first-order valence-electron chi connectivity index (χ1n) is 3.15. The van der Waals surface area contributed by atoms with Crippen LogP contribution in [0.1, 0.15) is 0 Å². The van der Waals surface area contributed by atoms with Crippen LogP contribution >= 0.6 is 47.8 Å². The highest BCUT2D eigenvalue weighted by Gasteiger charge is 1.83. The van der Waals surface area contributed by atoms with Gasteiger partial charge >= 0.3 is 17.9 Å². The van der Waals surface area contributed by atoms with Crippen LogP contribution in [0.25, 0.3) is 0 Å². The normalized spacial score (nSPS) is 7.40. The fourth-order valence-electron chi connectivity index (χ4n) is 0. The largest absolute Gasteiger partial charge is 0.481 e. The van der Waals surface area contributed by atoms with Gasteiger partial charge in [-0.25, -0.2) is 0 Å². The highest BCUT2D eigenvalue weighted by atomic mass is 79.9. The molecule has 0 saturated carbocycles. The van der Waals surface area contributed by atoms with E-state index in [0.717, 1.165) is 0 Å². The molecule has 0 aromatic rings. The molecule has 6 nitrogen and oxygen atoms in total. The molecule has 0 unspecified atom stereocenters. The zero-order valence-corrected chi connectivity index (χ0v) is 12.1. The van der Waals surface area contributed by atoms with Crippen LogP contribution in [0.5, 0.6) is 0 Å². The summed E-state index contributed by atoms with van der Waals surface area (Å²) in [5.41, 5.74) is 0. The van der Waals surface area contributed by atoms with E-state index in [1.807, 2.05) is 0 Å². The number of hydrogen-bond donors (Lipinski definition) is 3. The zero-order valence-electron chi connectivity index (χ0n) is 7.32. The molecular weight excluding hydrogens is 412 g/mol. The van der Waals surface area contributed by atoms with Gasteiger partial charge in [-0.3, -0.25) is 14.4 Å². The lowest BCUT2D eigenvalue weighted by atomic mass is 11.2. The molecule has 0 rings (SSSR count). The van der Waals surface area contributed by atoms with Crippen molar-refractivity contribution in [1.82, 2.24) is 0 Å². The molecule has 0 aromatic carbocycles. The molecule has 0 aromatic heterocycles. The molecular formula is C6H9Br3O6. The van der Waals surface area contributed by atoms with Crippen molar-refractivity contribution < 1.29 is 29.7 Å². The Balaban J connectivity index is -0.000000144. The first kappa shape index (κ1) is 20.3. The van der Waals surface area contributed by atoms with Crippen LogP contribution in [0, 0.1) is 0 Å². The number of carbonyl (C=O) groups is 3. The molecule has 0 amide bonds. The molecule has 0 spiro atoms. The summed E-state index contributed by atoms with van der Waals surface area (Å²) in [4.78, 5) is 28.0. The monoisotopic (exact) mass is 418 g/mol. The Hall–Kier alpha value is -0.150. The Morgan fingerprint density at radius 2 is 0.733 bits per heavy atom. The summed E-state index contributed by atoms with van der Waals surface area (Å²) in [5, 5.41) is 23.1. The molecule has 0 atom stereocenters. The Morgan fingerprint density at radius 1 is 0.667 bits per heavy atom. The average molecular weight is 421 g/mol. The van der Waals surface area contributed by atoms with Gasteiger partial charge in [0.1, 0.15) is 16.0 Å². The van der Waals surface area contributed by atoms with Gasteiger partial charge in [0.2, 0.25) is 0 Å². The summed E-state index contributed by atoms with van der Waals surface area (Å²) in [7, 11) is 0. The Morgan fingerprint density at radius 3 is 0.733 bits per heavy atom. The molecule has 3 N–H and O–H groups in total. The summed E-state index contributed by atoms with van der Waals surface area (Å²) in [5.74, 6) is -2.49. The quantitative estimate of drug-likeness (QED) is 0.470. The summed E-state index contributed by atoms with van der Waals surface area (Å²) in [6, 6.07) is 0. The van der Waals surface area contributed by atoms with Crippen LogP contribution < -0.4 is 0 Å². The number of aliphatic carboxylic acids is 3. The number of alkyl halides is 3. The Bertz CT molecular complexity index is 162. The minimum Gasteiger partial charge on any atom is -0.481 e. The predicted octanol–water partition coefficient (Wildman–Crippen LogP) is 1.40. The van der Waals surface area contributed by atoms with Crippen molar-refractivity contribution in [2.24, 2.45) is 0 Å². The van der Waals surface area contributed by atoms with Crippen LogP contribution in [0.2, 0.25) is 0 Å². The van der Waals surface area contributed by atoms with Crippen molar-refractivity contribution in [2.75, 3.05) is 16.0 Å². The molecule has 90 valence electrons. The molecule has 0 bridgehead atoms. The van der Waals surface area contributed by atoms with E-state index in [4.69, 9.17) is 15.3 Å². The summed E-state index contributed by atoms with van der Waals surface area (Å²) >= 11 is 8.14. The molecule has 9 heteroatoms. The lowest BCUT2D eigenvalue weighted by Crippen LogP contribution is -1.92. The third kappa shape index (κ3) is 56.8. The van der Waals surface area contributed by atoms with E-state index in [-0.39, 0.29) is 16.0 Å².